The fourth-order valence-electron chi connectivity index (χ4n) is 0.731. The summed E-state index contributed by atoms with van der Waals surface area (Å²) in [5.74, 6) is 0. The Kier molecular flexibility index (Phi) is 4.50. The number of hydrogen-bond acceptors (Lipinski definition) is 1. The van der Waals surface area contributed by atoms with E-state index in [2.05, 4.69) is 33.5 Å². The SMILES string of the molecule is CCC/C(C)=C/O[Si](C)(C)C. The maximum atomic E-state index is 5.62. The normalized spacial score (nSPS) is 13.4. The van der Waals surface area contributed by atoms with Crippen molar-refractivity contribution in [3.05, 3.63) is 11.8 Å². The Balaban J connectivity index is 3.73. The molecule has 66 valence electrons. The summed E-state index contributed by atoms with van der Waals surface area (Å²) in [6, 6.07) is 0. The molecule has 0 heterocycles. The van der Waals surface area contributed by atoms with Crippen molar-refractivity contribution in [3.63, 3.8) is 0 Å². The van der Waals surface area contributed by atoms with E-state index in [9.17, 15) is 0 Å². The maximum Gasteiger partial charge on any atom is 0.241 e. The van der Waals surface area contributed by atoms with Crippen LogP contribution < -0.4 is 0 Å². The Morgan fingerprint density at radius 3 is 2.27 bits per heavy atom. The van der Waals surface area contributed by atoms with E-state index in [-0.39, 0.29) is 0 Å². The predicted octanol–water partition coefficient (Wildman–Crippen LogP) is 3.54. The molecule has 11 heavy (non-hydrogen) atoms. The van der Waals surface area contributed by atoms with E-state index in [1.807, 2.05) is 6.26 Å². The molecule has 0 aromatic rings. The molecule has 0 unspecified atom stereocenters. The molecule has 0 saturated carbocycles. The molecule has 0 atom stereocenters. The summed E-state index contributed by atoms with van der Waals surface area (Å²) in [6.07, 6.45) is 4.30. The Bertz CT molecular complexity index is 133. The van der Waals surface area contributed by atoms with E-state index in [1.165, 1.54) is 12.0 Å². The van der Waals surface area contributed by atoms with E-state index in [0.717, 1.165) is 6.42 Å². The topological polar surface area (TPSA) is 9.23 Å². The number of hydrogen-bond donors (Lipinski definition) is 0. The lowest BCUT2D eigenvalue weighted by Crippen LogP contribution is -2.22. The lowest BCUT2D eigenvalue weighted by atomic mass is 10.2. The quantitative estimate of drug-likeness (QED) is 0.465. The second-order valence-electron chi connectivity index (χ2n) is 3.94. The Morgan fingerprint density at radius 2 is 1.91 bits per heavy atom. The summed E-state index contributed by atoms with van der Waals surface area (Å²) >= 11 is 0. The Labute approximate surface area is 71.6 Å². The maximum absolute atomic E-state index is 5.62. The zero-order chi connectivity index (χ0) is 8.91. The van der Waals surface area contributed by atoms with Crippen molar-refractivity contribution >= 4 is 8.32 Å². The van der Waals surface area contributed by atoms with Crippen LogP contribution in [0.2, 0.25) is 19.6 Å². The summed E-state index contributed by atoms with van der Waals surface area (Å²) in [7, 11) is -1.33. The zero-order valence-corrected chi connectivity index (χ0v) is 9.40. The van der Waals surface area contributed by atoms with Crippen LogP contribution in [0, 0.1) is 0 Å². The second kappa shape index (κ2) is 4.60. The fourth-order valence-corrected chi connectivity index (χ4v) is 1.29. The Morgan fingerprint density at radius 1 is 1.36 bits per heavy atom. The van der Waals surface area contributed by atoms with Crippen LogP contribution in [-0.4, -0.2) is 8.32 Å². The highest BCUT2D eigenvalue weighted by Crippen LogP contribution is 2.08. The summed E-state index contributed by atoms with van der Waals surface area (Å²) < 4.78 is 5.62. The van der Waals surface area contributed by atoms with Gasteiger partial charge in [0.25, 0.3) is 0 Å². The standard InChI is InChI=1S/C9H20OSi/c1-6-7-9(2)8-10-11(3,4)5/h8H,6-7H2,1-5H3/b9-8+. The molecule has 0 rings (SSSR count). The third-order valence-corrected chi connectivity index (χ3v) is 2.08. The number of rotatable bonds is 4. The summed E-state index contributed by atoms with van der Waals surface area (Å²) in [5.41, 5.74) is 1.36. The van der Waals surface area contributed by atoms with Crippen LogP contribution in [0.1, 0.15) is 26.7 Å². The van der Waals surface area contributed by atoms with Gasteiger partial charge in [0.15, 0.2) is 0 Å². The van der Waals surface area contributed by atoms with Gasteiger partial charge in [-0.2, -0.15) is 0 Å². The van der Waals surface area contributed by atoms with E-state index in [4.69, 9.17) is 4.43 Å². The summed E-state index contributed by atoms with van der Waals surface area (Å²) in [5, 5.41) is 0. The molecule has 0 spiro atoms. The van der Waals surface area contributed by atoms with Crippen molar-refractivity contribution in [1.82, 2.24) is 0 Å². The average Bonchev–Trinajstić information content (AvgIpc) is 1.83. The fraction of sp³-hybridized carbons (Fsp3) is 0.778. The monoisotopic (exact) mass is 172 g/mol. The first-order valence-electron chi connectivity index (χ1n) is 4.29. The molecule has 0 aliphatic heterocycles. The highest BCUT2D eigenvalue weighted by Gasteiger charge is 2.13. The minimum atomic E-state index is -1.33. The molecule has 0 saturated heterocycles. The van der Waals surface area contributed by atoms with Gasteiger partial charge < -0.3 is 4.43 Å². The van der Waals surface area contributed by atoms with Gasteiger partial charge in [0.05, 0.1) is 6.26 Å². The van der Waals surface area contributed by atoms with Crippen molar-refractivity contribution in [2.45, 2.75) is 46.3 Å². The smallest absolute Gasteiger partial charge is 0.241 e. The highest BCUT2D eigenvalue weighted by molar-refractivity contribution is 6.69. The molecule has 0 aliphatic rings. The van der Waals surface area contributed by atoms with Crippen molar-refractivity contribution in [2.75, 3.05) is 0 Å². The van der Waals surface area contributed by atoms with Crippen molar-refractivity contribution in [1.29, 1.82) is 0 Å². The van der Waals surface area contributed by atoms with Crippen molar-refractivity contribution in [2.24, 2.45) is 0 Å². The molecule has 1 nitrogen and oxygen atoms in total. The Hall–Kier alpha value is -0.243. The van der Waals surface area contributed by atoms with E-state index in [0.29, 0.717) is 0 Å². The summed E-state index contributed by atoms with van der Waals surface area (Å²) in [4.78, 5) is 0. The van der Waals surface area contributed by atoms with Crippen LogP contribution >= 0.6 is 0 Å². The first-order chi connectivity index (χ1) is 4.95. The van der Waals surface area contributed by atoms with Gasteiger partial charge in [0, 0.05) is 0 Å². The molecular weight excluding hydrogens is 152 g/mol. The third kappa shape index (κ3) is 7.66. The lowest BCUT2D eigenvalue weighted by Gasteiger charge is -2.15. The molecular formula is C9H20OSi. The van der Waals surface area contributed by atoms with Gasteiger partial charge in [-0.25, -0.2) is 0 Å². The van der Waals surface area contributed by atoms with Crippen LogP contribution in [-0.2, 0) is 4.43 Å². The highest BCUT2D eigenvalue weighted by atomic mass is 28.4. The average molecular weight is 172 g/mol. The van der Waals surface area contributed by atoms with E-state index < -0.39 is 8.32 Å². The molecule has 0 N–H and O–H groups in total. The van der Waals surface area contributed by atoms with Gasteiger partial charge in [0.1, 0.15) is 0 Å². The molecule has 0 aromatic carbocycles. The van der Waals surface area contributed by atoms with E-state index in [1.54, 1.807) is 0 Å². The van der Waals surface area contributed by atoms with Crippen LogP contribution in [0.25, 0.3) is 0 Å². The van der Waals surface area contributed by atoms with Gasteiger partial charge in [-0.15, -0.1) is 0 Å². The zero-order valence-electron chi connectivity index (χ0n) is 8.40. The lowest BCUT2D eigenvalue weighted by molar-refractivity contribution is 0.470. The van der Waals surface area contributed by atoms with Crippen molar-refractivity contribution < 1.29 is 4.43 Å². The van der Waals surface area contributed by atoms with Crippen LogP contribution in [0.3, 0.4) is 0 Å². The first kappa shape index (κ1) is 10.8. The minimum absolute atomic E-state index is 1.16. The molecule has 0 aliphatic carbocycles. The minimum Gasteiger partial charge on any atom is -0.550 e. The molecule has 0 bridgehead atoms. The summed E-state index contributed by atoms with van der Waals surface area (Å²) in [6.45, 7) is 10.9. The largest absolute Gasteiger partial charge is 0.550 e. The first-order valence-corrected chi connectivity index (χ1v) is 7.70. The molecule has 2 heteroatoms. The van der Waals surface area contributed by atoms with Crippen molar-refractivity contribution in [3.8, 4) is 0 Å². The van der Waals surface area contributed by atoms with Gasteiger partial charge >= 0.3 is 0 Å². The predicted molar refractivity (Wildman–Crippen MR) is 53.1 cm³/mol. The third-order valence-electron chi connectivity index (χ3n) is 1.26. The van der Waals surface area contributed by atoms with Crippen LogP contribution in [0.4, 0.5) is 0 Å². The van der Waals surface area contributed by atoms with Gasteiger partial charge in [-0.1, -0.05) is 13.3 Å². The van der Waals surface area contributed by atoms with Crippen LogP contribution in [0.5, 0.6) is 0 Å². The van der Waals surface area contributed by atoms with Crippen LogP contribution in [0.15, 0.2) is 11.8 Å². The van der Waals surface area contributed by atoms with E-state index >= 15 is 0 Å². The van der Waals surface area contributed by atoms with Gasteiger partial charge in [0.2, 0.25) is 8.32 Å². The number of allylic oxidation sites excluding steroid dienone is 1. The molecule has 0 fully saturated rings. The van der Waals surface area contributed by atoms with Gasteiger partial charge in [-0.05, 0) is 38.6 Å². The van der Waals surface area contributed by atoms with Gasteiger partial charge in [-0.3, -0.25) is 0 Å². The molecule has 0 aromatic heterocycles. The second-order valence-corrected chi connectivity index (χ2v) is 8.40. The molecule has 0 radical (unpaired) electrons. The molecule has 0 amide bonds.